The highest BCUT2D eigenvalue weighted by Gasteiger charge is 2.14. The lowest BCUT2D eigenvalue weighted by Crippen LogP contribution is -2.01. The van der Waals surface area contributed by atoms with Gasteiger partial charge in [0.15, 0.2) is 11.5 Å². The first-order valence-electron chi connectivity index (χ1n) is 9.10. The Labute approximate surface area is 173 Å². The van der Waals surface area contributed by atoms with Gasteiger partial charge in [0.05, 0.1) is 16.1 Å². The zero-order valence-corrected chi connectivity index (χ0v) is 16.3. The van der Waals surface area contributed by atoms with Crippen LogP contribution >= 0.6 is 11.6 Å². The van der Waals surface area contributed by atoms with E-state index in [0.29, 0.717) is 46.2 Å². The van der Waals surface area contributed by atoms with Crippen molar-refractivity contribution in [3.8, 4) is 17.6 Å². The van der Waals surface area contributed by atoms with Gasteiger partial charge < -0.3 is 9.47 Å². The predicted octanol–water partition coefficient (Wildman–Crippen LogP) is 5.92. The molecule has 0 saturated heterocycles. The second-order valence-corrected chi connectivity index (χ2v) is 6.84. The van der Waals surface area contributed by atoms with Crippen molar-refractivity contribution in [2.24, 2.45) is 0 Å². The quantitative estimate of drug-likeness (QED) is 0.403. The first-order valence-corrected chi connectivity index (χ1v) is 9.48. The number of aromatic nitrogens is 1. The Morgan fingerprint density at radius 1 is 0.828 bits per heavy atom. The number of nitrogens with zero attached hydrogens (tertiary/aromatic N) is 2. The predicted molar refractivity (Wildman–Crippen MR) is 113 cm³/mol. The van der Waals surface area contributed by atoms with Gasteiger partial charge in [0, 0.05) is 17.6 Å². The summed E-state index contributed by atoms with van der Waals surface area (Å²) in [6.07, 6.45) is 1.47. The molecule has 0 unspecified atom stereocenters. The van der Waals surface area contributed by atoms with Gasteiger partial charge in [0.2, 0.25) is 0 Å². The molecule has 4 nitrogen and oxygen atoms in total. The van der Waals surface area contributed by atoms with Gasteiger partial charge in [0.25, 0.3) is 0 Å². The Bertz CT molecular complexity index is 1170. The third-order valence-corrected chi connectivity index (χ3v) is 4.87. The molecule has 0 saturated carbocycles. The standard InChI is InChI=1S/C24H17ClN2O2/c25-24-19(13-26)14-27-21-12-23(29-16-18-9-5-2-6-10-18)22(11-20(21)24)28-15-17-7-3-1-4-8-17/h1-12,14H,15-16H2. The molecule has 0 spiro atoms. The lowest BCUT2D eigenvalue weighted by Gasteiger charge is -2.15. The Hall–Kier alpha value is -3.55. The van der Waals surface area contributed by atoms with Gasteiger partial charge in [0.1, 0.15) is 19.3 Å². The molecule has 0 fully saturated rings. The molecule has 1 heterocycles. The van der Waals surface area contributed by atoms with Crippen LogP contribution in [0, 0.1) is 11.3 Å². The average molecular weight is 401 g/mol. The fraction of sp³-hybridized carbons (Fsp3) is 0.0833. The molecular formula is C24H17ClN2O2. The lowest BCUT2D eigenvalue weighted by atomic mass is 10.1. The number of fused-ring (bicyclic) bond motifs is 1. The Balaban J connectivity index is 1.69. The van der Waals surface area contributed by atoms with Crippen LogP contribution in [0.1, 0.15) is 16.7 Å². The first-order chi connectivity index (χ1) is 14.2. The third-order valence-electron chi connectivity index (χ3n) is 4.46. The Morgan fingerprint density at radius 3 is 1.93 bits per heavy atom. The molecule has 0 radical (unpaired) electrons. The topological polar surface area (TPSA) is 55.1 Å². The van der Waals surface area contributed by atoms with Crippen molar-refractivity contribution in [2.45, 2.75) is 13.2 Å². The molecule has 5 heteroatoms. The molecule has 0 N–H and O–H groups in total. The van der Waals surface area contributed by atoms with E-state index in [2.05, 4.69) is 11.1 Å². The van der Waals surface area contributed by atoms with E-state index in [4.69, 9.17) is 21.1 Å². The summed E-state index contributed by atoms with van der Waals surface area (Å²) in [6.45, 7) is 0.787. The van der Waals surface area contributed by atoms with Crippen LogP contribution in [0.3, 0.4) is 0 Å². The van der Waals surface area contributed by atoms with Gasteiger partial charge in [-0.25, -0.2) is 0 Å². The number of hydrogen-bond donors (Lipinski definition) is 0. The van der Waals surface area contributed by atoms with Gasteiger partial charge in [-0.3, -0.25) is 4.98 Å². The van der Waals surface area contributed by atoms with E-state index in [9.17, 15) is 5.26 Å². The number of pyridine rings is 1. The molecule has 0 amide bonds. The summed E-state index contributed by atoms with van der Waals surface area (Å²) in [6, 6.07) is 25.4. The van der Waals surface area contributed by atoms with Gasteiger partial charge in [-0.15, -0.1) is 0 Å². The van der Waals surface area contributed by atoms with Crippen LogP contribution in [-0.2, 0) is 13.2 Å². The van der Waals surface area contributed by atoms with Crippen LogP contribution < -0.4 is 9.47 Å². The van der Waals surface area contributed by atoms with E-state index < -0.39 is 0 Å². The van der Waals surface area contributed by atoms with Crippen LogP contribution in [-0.4, -0.2) is 4.98 Å². The van der Waals surface area contributed by atoms with E-state index >= 15 is 0 Å². The van der Waals surface area contributed by atoms with E-state index in [-0.39, 0.29) is 0 Å². The number of hydrogen-bond acceptors (Lipinski definition) is 4. The fourth-order valence-corrected chi connectivity index (χ4v) is 3.18. The smallest absolute Gasteiger partial charge is 0.163 e. The van der Waals surface area contributed by atoms with Crippen LogP contribution in [0.5, 0.6) is 11.5 Å². The van der Waals surface area contributed by atoms with Gasteiger partial charge in [-0.1, -0.05) is 72.3 Å². The van der Waals surface area contributed by atoms with Crippen LogP contribution in [0.25, 0.3) is 10.9 Å². The maximum absolute atomic E-state index is 9.23. The van der Waals surface area contributed by atoms with E-state index in [1.54, 1.807) is 12.1 Å². The molecule has 0 aliphatic heterocycles. The molecule has 0 aliphatic carbocycles. The Kier molecular flexibility index (Phi) is 5.60. The number of benzene rings is 3. The monoisotopic (exact) mass is 400 g/mol. The maximum Gasteiger partial charge on any atom is 0.163 e. The summed E-state index contributed by atoms with van der Waals surface area (Å²) in [5.41, 5.74) is 3.05. The highest BCUT2D eigenvalue weighted by Crippen LogP contribution is 2.36. The molecule has 4 aromatic rings. The summed E-state index contributed by atoms with van der Waals surface area (Å²) < 4.78 is 12.1. The molecule has 29 heavy (non-hydrogen) atoms. The third kappa shape index (κ3) is 4.31. The highest BCUT2D eigenvalue weighted by molar-refractivity contribution is 6.36. The SMILES string of the molecule is N#Cc1cnc2cc(OCc3ccccc3)c(OCc3ccccc3)cc2c1Cl. The number of halogens is 1. The largest absolute Gasteiger partial charge is 0.485 e. The molecule has 4 rings (SSSR count). The molecule has 142 valence electrons. The van der Waals surface area contributed by atoms with Crippen LogP contribution in [0.15, 0.2) is 79.0 Å². The molecule has 0 atom stereocenters. The van der Waals surface area contributed by atoms with Gasteiger partial charge in [-0.05, 0) is 17.2 Å². The van der Waals surface area contributed by atoms with E-state index in [0.717, 1.165) is 11.1 Å². The highest BCUT2D eigenvalue weighted by atomic mass is 35.5. The van der Waals surface area contributed by atoms with Crippen molar-refractivity contribution in [1.82, 2.24) is 4.98 Å². The maximum atomic E-state index is 9.23. The van der Waals surface area contributed by atoms with Crippen LogP contribution in [0.2, 0.25) is 5.02 Å². The zero-order chi connectivity index (χ0) is 20.1. The zero-order valence-electron chi connectivity index (χ0n) is 15.5. The molecule has 0 aliphatic rings. The molecule has 1 aromatic heterocycles. The van der Waals surface area contributed by atoms with Gasteiger partial charge >= 0.3 is 0 Å². The van der Waals surface area contributed by atoms with Gasteiger partial charge in [-0.2, -0.15) is 5.26 Å². The number of rotatable bonds is 6. The number of ether oxygens (including phenoxy) is 2. The Morgan fingerprint density at radius 2 is 1.38 bits per heavy atom. The second-order valence-electron chi connectivity index (χ2n) is 6.46. The van der Waals surface area contributed by atoms with E-state index in [1.807, 2.05) is 60.7 Å². The van der Waals surface area contributed by atoms with E-state index in [1.165, 1.54) is 6.20 Å². The lowest BCUT2D eigenvalue weighted by molar-refractivity contribution is 0.256. The van der Waals surface area contributed by atoms with Crippen molar-refractivity contribution in [3.05, 3.63) is 101 Å². The van der Waals surface area contributed by atoms with Crippen LogP contribution in [0.4, 0.5) is 0 Å². The molecule has 3 aromatic carbocycles. The van der Waals surface area contributed by atoms with Crippen molar-refractivity contribution >= 4 is 22.5 Å². The second kappa shape index (κ2) is 8.64. The minimum absolute atomic E-state index is 0.325. The summed E-state index contributed by atoms with van der Waals surface area (Å²) >= 11 is 6.40. The van der Waals surface area contributed by atoms with Crippen molar-refractivity contribution < 1.29 is 9.47 Å². The average Bonchev–Trinajstić information content (AvgIpc) is 2.78. The van der Waals surface area contributed by atoms with Crippen molar-refractivity contribution in [2.75, 3.05) is 0 Å². The summed E-state index contributed by atoms with van der Waals surface area (Å²) in [5.74, 6) is 1.13. The normalized spacial score (nSPS) is 10.5. The molecule has 0 bridgehead atoms. The number of nitriles is 1. The van der Waals surface area contributed by atoms with Crippen molar-refractivity contribution in [1.29, 1.82) is 5.26 Å². The van der Waals surface area contributed by atoms with Crippen molar-refractivity contribution in [3.63, 3.8) is 0 Å². The molecular weight excluding hydrogens is 384 g/mol. The first kappa shape index (κ1) is 18.8. The minimum Gasteiger partial charge on any atom is -0.485 e. The summed E-state index contributed by atoms with van der Waals surface area (Å²) in [4.78, 5) is 4.35. The fourth-order valence-electron chi connectivity index (χ4n) is 2.94. The summed E-state index contributed by atoms with van der Waals surface area (Å²) in [7, 11) is 0. The summed E-state index contributed by atoms with van der Waals surface area (Å²) in [5, 5.41) is 10.2. The minimum atomic E-state index is 0.325.